The van der Waals surface area contributed by atoms with Crippen LogP contribution in [0.25, 0.3) is 58.8 Å². The van der Waals surface area contributed by atoms with Crippen LogP contribution in [0.2, 0.25) is 0 Å². The summed E-state index contributed by atoms with van der Waals surface area (Å²) in [7, 11) is 0. The van der Waals surface area contributed by atoms with Crippen molar-refractivity contribution in [3.8, 4) is 16.8 Å². The number of nitrogens with zero attached hydrogens (tertiary/aromatic N) is 2. The number of rotatable bonds is 5. The Bertz CT molecular complexity index is 2550. The van der Waals surface area contributed by atoms with Gasteiger partial charge in [-0.2, -0.15) is 0 Å². The van der Waals surface area contributed by atoms with Crippen molar-refractivity contribution in [3.63, 3.8) is 0 Å². The molecule has 0 aliphatic heterocycles. The second-order valence-corrected chi connectivity index (χ2v) is 13.4. The highest BCUT2D eigenvalue weighted by atomic mass is 79.9. The van der Waals surface area contributed by atoms with Gasteiger partial charge >= 0.3 is 0 Å². The summed E-state index contributed by atoms with van der Waals surface area (Å²) in [5.41, 5.74) is 9.28. The van der Waals surface area contributed by atoms with Crippen LogP contribution in [0.4, 0.5) is 17.1 Å². The molecule has 0 atom stereocenters. The summed E-state index contributed by atoms with van der Waals surface area (Å²) in [4.78, 5) is 2.39. The smallest absolute Gasteiger partial charge is 0.0634 e. The molecule has 2 aromatic heterocycles. The number of hydrogen-bond donors (Lipinski definition) is 0. The lowest BCUT2D eigenvalue weighted by molar-refractivity contribution is 1.19. The Labute approximate surface area is 279 Å². The predicted octanol–water partition coefficient (Wildman–Crippen LogP) is 13.1. The number of halogens is 1. The van der Waals surface area contributed by atoms with Gasteiger partial charge in [0.1, 0.15) is 0 Å². The van der Waals surface area contributed by atoms with Gasteiger partial charge in [0, 0.05) is 58.0 Å². The maximum atomic E-state index is 3.83. The number of aromatic nitrogens is 1. The van der Waals surface area contributed by atoms with E-state index in [1.165, 1.54) is 42.0 Å². The third-order valence-corrected chi connectivity index (χ3v) is 10.7. The largest absolute Gasteiger partial charge is 0.310 e. The number of para-hydroxylation sites is 3. The fourth-order valence-electron chi connectivity index (χ4n) is 6.87. The number of benzene rings is 7. The molecule has 0 radical (unpaired) electrons. The Balaban J connectivity index is 1.36. The lowest BCUT2D eigenvalue weighted by Crippen LogP contribution is -2.11. The second-order valence-electron chi connectivity index (χ2n) is 11.5. The van der Waals surface area contributed by atoms with E-state index in [9.17, 15) is 0 Å². The van der Waals surface area contributed by atoms with Crippen LogP contribution in [0.3, 0.4) is 0 Å². The highest BCUT2D eigenvalue weighted by molar-refractivity contribution is 9.10. The van der Waals surface area contributed by atoms with Crippen LogP contribution in [0.1, 0.15) is 0 Å². The molecule has 0 aliphatic carbocycles. The topological polar surface area (TPSA) is 8.17 Å². The molecule has 0 amide bonds. The number of fused-ring (bicyclic) bond motifs is 7. The minimum Gasteiger partial charge on any atom is -0.310 e. The molecule has 0 aliphatic rings. The van der Waals surface area contributed by atoms with Crippen molar-refractivity contribution in [2.75, 3.05) is 4.90 Å². The third-order valence-electron chi connectivity index (χ3n) is 8.85. The molecule has 0 saturated heterocycles. The zero-order valence-corrected chi connectivity index (χ0v) is 27.2. The lowest BCUT2D eigenvalue weighted by atomic mass is 10.0. The molecule has 9 rings (SSSR count). The minimum absolute atomic E-state index is 1.07. The SMILES string of the molecule is Brc1ccccc1-c1ccccc1N(c1ccccc1)c1ccc2c(c1)c1ccc3sc4ccccc4c3c1n2-c1ccccc1. The van der Waals surface area contributed by atoms with E-state index < -0.39 is 0 Å². The maximum Gasteiger partial charge on any atom is 0.0634 e. The van der Waals surface area contributed by atoms with Gasteiger partial charge in [-0.25, -0.2) is 0 Å². The molecule has 0 spiro atoms. The van der Waals surface area contributed by atoms with Crippen LogP contribution in [0.5, 0.6) is 0 Å². The van der Waals surface area contributed by atoms with E-state index in [1.807, 2.05) is 11.3 Å². The predicted molar refractivity (Wildman–Crippen MR) is 201 cm³/mol. The molecule has 7 aromatic carbocycles. The Kier molecular flexibility index (Phi) is 6.51. The highest BCUT2D eigenvalue weighted by Crippen LogP contribution is 2.46. The van der Waals surface area contributed by atoms with E-state index in [-0.39, 0.29) is 0 Å². The van der Waals surface area contributed by atoms with Gasteiger partial charge in [-0.05, 0) is 72.3 Å². The molecule has 46 heavy (non-hydrogen) atoms. The summed E-state index contributed by atoms with van der Waals surface area (Å²) < 4.78 is 6.15. The van der Waals surface area contributed by atoms with Crippen LogP contribution in [-0.2, 0) is 0 Å². The van der Waals surface area contributed by atoms with Crippen LogP contribution in [0, 0.1) is 0 Å². The van der Waals surface area contributed by atoms with Gasteiger partial charge in [-0.15, -0.1) is 11.3 Å². The van der Waals surface area contributed by atoms with E-state index in [4.69, 9.17) is 0 Å². The summed E-state index contributed by atoms with van der Waals surface area (Å²) in [6.45, 7) is 0. The van der Waals surface area contributed by atoms with Crippen molar-refractivity contribution >= 4 is 86.3 Å². The Morgan fingerprint density at radius 1 is 0.500 bits per heavy atom. The fraction of sp³-hybridized carbons (Fsp3) is 0. The van der Waals surface area contributed by atoms with Gasteiger partial charge in [-0.1, -0.05) is 113 Å². The van der Waals surface area contributed by atoms with Crippen molar-refractivity contribution in [1.82, 2.24) is 4.57 Å². The van der Waals surface area contributed by atoms with Crippen LogP contribution >= 0.6 is 27.3 Å². The molecule has 0 N–H and O–H groups in total. The van der Waals surface area contributed by atoms with Gasteiger partial charge in [0.05, 0.1) is 16.7 Å². The molecule has 2 heterocycles. The average molecular weight is 672 g/mol. The Morgan fingerprint density at radius 3 is 2.02 bits per heavy atom. The van der Waals surface area contributed by atoms with Crippen molar-refractivity contribution in [3.05, 3.63) is 168 Å². The maximum absolute atomic E-state index is 3.83. The van der Waals surface area contributed by atoms with E-state index in [0.717, 1.165) is 38.3 Å². The molecule has 218 valence electrons. The Hall–Kier alpha value is -5.16. The summed E-state index contributed by atoms with van der Waals surface area (Å²) in [6, 6.07) is 59.0. The van der Waals surface area contributed by atoms with Gasteiger partial charge in [-0.3, -0.25) is 0 Å². The molecule has 0 bridgehead atoms. The third kappa shape index (κ3) is 4.29. The first-order valence-corrected chi connectivity index (χ1v) is 17.0. The monoisotopic (exact) mass is 670 g/mol. The van der Waals surface area contributed by atoms with Crippen LogP contribution in [-0.4, -0.2) is 4.57 Å². The van der Waals surface area contributed by atoms with Crippen LogP contribution < -0.4 is 4.90 Å². The second kappa shape index (κ2) is 11.0. The zero-order valence-electron chi connectivity index (χ0n) is 24.8. The standard InChI is InChI=1S/C42H27BrN2S/c43-36-20-10-7-17-31(36)32-18-8-11-21-37(32)44(28-13-3-1-4-14-28)30-23-25-38-35(27-30)33-24-26-40-41(34-19-9-12-22-39(34)46-40)42(33)45(38)29-15-5-2-6-16-29/h1-27H. The molecule has 0 fully saturated rings. The van der Waals surface area contributed by atoms with Gasteiger partial charge in [0.2, 0.25) is 0 Å². The van der Waals surface area contributed by atoms with Crippen molar-refractivity contribution in [2.24, 2.45) is 0 Å². The van der Waals surface area contributed by atoms with Crippen molar-refractivity contribution in [1.29, 1.82) is 0 Å². The molecule has 9 aromatic rings. The van der Waals surface area contributed by atoms with E-state index >= 15 is 0 Å². The van der Waals surface area contributed by atoms with Crippen LogP contribution in [0.15, 0.2) is 168 Å². The summed E-state index contributed by atoms with van der Waals surface area (Å²) >= 11 is 5.69. The first-order chi connectivity index (χ1) is 22.8. The first kappa shape index (κ1) is 27.2. The molecule has 4 heteroatoms. The average Bonchev–Trinajstić information content (AvgIpc) is 3.65. The summed E-state index contributed by atoms with van der Waals surface area (Å²) in [5, 5.41) is 5.11. The number of hydrogen-bond acceptors (Lipinski definition) is 2. The number of thiophene rings is 1. The van der Waals surface area contributed by atoms with E-state index in [2.05, 4.69) is 189 Å². The molecular formula is C42H27BrN2S. The quantitative estimate of drug-likeness (QED) is 0.177. The highest BCUT2D eigenvalue weighted by Gasteiger charge is 2.22. The molecular weight excluding hydrogens is 644 g/mol. The zero-order chi connectivity index (χ0) is 30.6. The van der Waals surface area contributed by atoms with Gasteiger partial charge < -0.3 is 9.47 Å². The first-order valence-electron chi connectivity index (χ1n) is 15.4. The normalized spacial score (nSPS) is 11.6. The van der Waals surface area contributed by atoms with E-state index in [0.29, 0.717) is 0 Å². The fourth-order valence-corrected chi connectivity index (χ4v) is 8.47. The van der Waals surface area contributed by atoms with E-state index in [1.54, 1.807) is 0 Å². The molecule has 0 unspecified atom stereocenters. The Morgan fingerprint density at radius 2 is 1.20 bits per heavy atom. The molecule has 0 saturated carbocycles. The van der Waals surface area contributed by atoms with Crippen molar-refractivity contribution < 1.29 is 0 Å². The van der Waals surface area contributed by atoms with Crippen molar-refractivity contribution in [2.45, 2.75) is 0 Å². The lowest BCUT2D eigenvalue weighted by Gasteiger charge is -2.28. The summed E-state index contributed by atoms with van der Waals surface area (Å²) in [6.07, 6.45) is 0. The van der Waals surface area contributed by atoms with Gasteiger partial charge in [0.25, 0.3) is 0 Å². The summed E-state index contributed by atoms with van der Waals surface area (Å²) in [5.74, 6) is 0. The van der Waals surface area contributed by atoms with Gasteiger partial charge in [0.15, 0.2) is 0 Å². The minimum atomic E-state index is 1.07. The number of anilines is 3. The molecule has 2 nitrogen and oxygen atoms in total.